The maximum atomic E-state index is 12.4. The zero-order chi connectivity index (χ0) is 14.8. The molecule has 0 aromatic carbocycles. The molecule has 0 radical (unpaired) electrons. The van der Waals surface area contributed by atoms with E-state index in [9.17, 15) is 4.79 Å². The highest BCUT2D eigenvalue weighted by Crippen LogP contribution is 2.40. The van der Waals surface area contributed by atoms with Crippen LogP contribution in [0.3, 0.4) is 0 Å². The van der Waals surface area contributed by atoms with Gasteiger partial charge in [-0.2, -0.15) is 5.26 Å². The first kappa shape index (κ1) is 15.4. The third kappa shape index (κ3) is 3.53. The fourth-order valence-electron chi connectivity index (χ4n) is 3.81. The Bertz CT molecular complexity index is 383. The number of carbonyl (C=O) groups is 1. The second kappa shape index (κ2) is 6.16. The SMILES string of the molecule is CC(C)(C)C1CCC(C(=O)NC2CCCC2C#N)CC1. The minimum absolute atomic E-state index is 0.0323. The van der Waals surface area contributed by atoms with Gasteiger partial charge in [0, 0.05) is 12.0 Å². The molecule has 0 heterocycles. The summed E-state index contributed by atoms with van der Waals surface area (Å²) >= 11 is 0. The van der Waals surface area contributed by atoms with E-state index >= 15 is 0 Å². The Morgan fingerprint density at radius 1 is 1.10 bits per heavy atom. The normalized spacial score (nSPS) is 34.5. The second-order valence-corrected chi connectivity index (χ2v) is 7.70. The van der Waals surface area contributed by atoms with Crippen molar-refractivity contribution in [1.29, 1.82) is 5.26 Å². The standard InChI is InChI=1S/C17H28N2O/c1-17(2,3)14-9-7-12(8-10-14)16(20)19-15-6-4-5-13(15)11-18/h12-15H,4-10H2,1-3H3,(H,19,20). The van der Waals surface area contributed by atoms with Crippen LogP contribution in [0, 0.1) is 34.5 Å². The molecule has 2 aliphatic carbocycles. The molecule has 0 spiro atoms. The molecular formula is C17H28N2O. The van der Waals surface area contributed by atoms with E-state index in [2.05, 4.69) is 32.2 Å². The summed E-state index contributed by atoms with van der Waals surface area (Å²) in [7, 11) is 0. The molecule has 2 aliphatic rings. The van der Waals surface area contributed by atoms with E-state index in [4.69, 9.17) is 5.26 Å². The average Bonchev–Trinajstić information content (AvgIpc) is 2.85. The van der Waals surface area contributed by atoms with Crippen molar-refractivity contribution >= 4 is 5.91 Å². The van der Waals surface area contributed by atoms with Crippen molar-refractivity contribution in [2.75, 3.05) is 0 Å². The monoisotopic (exact) mass is 276 g/mol. The molecule has 3 nitrogen and oxygen atoms in total. The largest absolute Gasteiger partial charge is 0.352 e. The smallest absolute Gasteiger partial charge is 0.223 e. The minimum Gasteiger partial charge on any atom is -0.352 e. The Kier molecular flexibility index (Phi) is 4.73. The summed E-state index contributed by atoms with van der Waals surface area (Å²) in [5, 5.41) is 12.2. The zero-order valence-corrected chi connectivity index (χ0v) is 13.1. The molecule has 20 heavy (non-hydrogen) atoms. The Labute approximate surface area is 123 Å². The summed E-state index contributed by atoms with van der Waals surface area (Å²) in [5.74, 6) is 1.15. The van der Waals surface area contributed by atoms with Crippen molar-refractivity contribution in [2.45, 2.75) is 71.8 Å². The van der Waals surface area contributed by atoms with Gasteiger partial charge in [-0.15, -0.1) is 0 Å². The van der Waals surface area contributed by atoms with Crippen molar-refractivity contribution < 1.29 is 4.79 Å². The fraction of sp³-hybridized carbons (Fsp3) is 0.882. The molecule has 2 atom stereocenters. The van der Waals surface area contributed by atoms with E-state index in [0.717, 1.165) is 50.9 Å². The van der Waals surface area contributed by atoms with E-state index in [-0.39, 0.29) is 23.8 Å². The van der Waals surface area contributed by atoms with Gasteiger partial charge in [-0.05, 0) is 56.3 Å². The summed E-state index contributed by atoms with van der Waals surface area (Å²) in [5.41, 5.74) is 0.360. The van der Waals surface area contributed by atoms with Crippen molar-refractivity contribution in [2.24, 2.45) is 23.2 Å². The lowest BCUT2D eigenvalue weighted by molar-refractivity contribution is -0.127. The molecule has 112 valence electrons. The van der Waals surface area contributed by atoms with Crippen LogP contribution in [0.2, 0.25) is 0 Å². The van der Waals surface area contributed by atoms with Gasteiger partial charge >= 0.3 is 0 Å². The molecule has 3 heteroatoms. The maximum absolute atomic E-state index is 12.4. The van der Waals surface area contributed by atoms with Crippen molar-refractivity contribution in [1.82, 2.24) is 5.32 Å². The first-order valence-electron chi connectivity index (χ1n) is 8.12. The molecule has 2 fully saturated rings. The number of nitrogens with one attached hydrogen (secondary N) is 1. The second-order valence-electron chi connectivity index (χ2n) is 7.70. The number of carbonyl (C=O) groups excluding carboxylic acids is 1. The maximum Gasteiger partial charge on any atom is 0.223 e. The van der Waals surface area contributed by atoms with Gasteiger partial charge in [0.05, 0.1) is 12.0 Å². The molecule has 0 bridgehead atoms. The van der Waals surface area contributed by atoms with Gasteiger partial charge in [0.2, 0.25) is 5.91 Å². The van der Waals surface area contributed by atoms with Crippen LogP contribution < -0.4 is 5.32 Å². The van der Waals surface area contributed by atoms with Crippen LogP contribution in [0.25, 0.3) is 0 Å². The highest BCUT2D eigenvalue weighted by molar-refractivity contribution is 5.79. The number of rotatable bonds is 2. The van der Waals surface area contributed by atoms with Gasteiger partial charge in [-0.1, -0.05) is 20.8 Å². The van der Waals surface area contributed by atoms with Gasteiger partial charge in [-0.25, -0.2) is 0 Å². The van der Waals surface area contributed by atoms with Gasteiger partial charge in [-0.3, -0.25) is 4.79 Å². The van der Waals surface area contributed by atoms with Crippen molar-refractivity contribution in [3.8, 4) is 6.07 Å². The number of amides is 1. The highest BCUT2D eigenvalue weighted by Gasteiger charge is 2.34. The van der Waals surface area contributed by atoms with E-state index in [0.29, 0.717) is 5.41 Å². The van der Waals surface area contributed by atoms with Crippen LogP contribution in [0.1, 0.15) is 65.7 Å². The van der Waals surface area contributed by atoms with Crippen molar-refractivity contribution in [3.63, 3.8) is 0 Å². The lowest BCUT2D eigenvalue weighted by Crippen LogP contribution is -2.42. The van der Waals surface area contributed by atoms with Crippen LogP contribution in [0.4, 0.5) is 0 Å². The molecule has 1 N–H and O–H groups in total. The van der Waals surface area contributed by atoms with E-state index in [1.807, 2.05) is 0 Å². The zero-order valence-electron chi connectivity index (χ0n) is 13.1. The van der Waals surface area contributed by atoms with Gasteiger partial charge in [0.15, 0.2) is 0 Å². The van der Waals surface area contributed by atoms with Gasteiger partial charge < -0.3 is 5.32 Å². The molecule has 2 unspecified atom stereocenters. The van der Waals surface area contributed by atoms with E-state index in [1.165, 1.54) is 0 Å². The van der Waals surface area contributed by atoms with Crippen LogP contribution in [-0.4, -0.2) is 11.9 Å². The number of nitriles is 1. The summed E-state index contributed by atoms with van der Waals surface area (Å²) in [4.78, 5) is 12.4. The Hall–Kier alpha value is -1.04. The Morgan fingerprint density at radius 3 is 2.30 bits per heavy atom. The number of hydrogen-bond donors (Lipinski definition) is 1. The van der Waals surface area contributed by atoms with Crippen LogP contribution in [-0.2, 0) is 4.79 Å². The first-order chi connectivity index (χ1) is 9.41. The lowest BCUT2D eigenvalue weighted by atomic mass is 9.69. The molecule has 0 aromatic rings. The fourth-order valence-corrected chi connectivity index (χ4v) is 3.81. The average molecular weight is 276 g/mol. The molecule has 2 saturated carbocycles. The molecule has 1 amide bonds. The van der Waals surface area contributed by atoms with Gasteiger partial charge in [0.25, 0.3) is 0 Å². The van der Waals surface area contributed by atoms with Gasteiger partial charge in [0.1, 0.15) is 0 Å². The van der Waals surface area contributed by atoms with E-state index < -0.39 is 0 Å². The topological polar surface area (TPSA) is 52.9 Å². The first-order valence-corrected chi connectivity index (χ1v) is 8.12. The van der Waals surface area contributed by atoms with Crippen LogP contribution in [0.15, 0.2) is 0 Å². The predicted octanol–water partition coefficient (Wildman–Crippen LogP) is 3.65. The molecular weight excluding hydrogens is 248 g/mol. The highest BCUT2D eigenvalue weighted by atomic mass is 16.1. The predicted molar refractivity (Wildman–Crippen MR) is 79.8 cm³/mol. The van der Waals surface area contributed by atoms with Crippen LogP contribution in [0.5, 0.6) is 0 Å². The molecule has 2 rings (SSSR count). The summed E-state index contributed by atoms with van der Waals surface area (Å²) in [6.45, 7) is 6.90. The Balaban J connectivity index is 1.82. The third-order valence-electron chi connectivity index (χ3n) is 5.33. The lowest BCUT2D eigenvalue weighted by Gasteiger charge is -2.36. The van der Waals surface area contributed by atoms with E-state index in [1.54, 1.807) is 0 Å². The molecule has 0 aliphatic heterocycles. The number of nitrogens with zero attached hydrogens (tertiary/aromatic N) is 1. The number of hydrogen-bond acceptors (Lipinski definition) is 2. The van der Waals surface area contributed by atoms with Crippen LogP contribution >= 0.6 is 0 Å². The minimum atomic E-state index is 0.0323. The molecule has 0 aromatic heterocycles. The summed E-state index contributed by atoms with van der Waals surface area (Å²) in [6, 6.07) is 2.44. The summed E-state index contributed by atoms with van der Waals surface area (Å²) in [6.07, 6.45) is 7.33. The Morgan fingerprint density at radius 2 is 1.75 bits per heavy atom. The third-order valence-corrected chi connectivity index (χ3v) is 5.33. The quantitative estimate of drug-likeness (QED) is 0.837. The van der Waals surface area contributed by atoms with Crippen molar-refractivity contribution in [3.05, 3.63) is 0 Å². The molecule has 0 saturated heterocycles. The summed E-state index contributed by atoms with van der Waals surface area (Å²) < 4.78 is 0.